The predicted octanol–water partition coefficient (Wildman–Crippen LogP) is 3.19. The van der Waals surface area contributed by atoms with Crippen molar-refractivity contribution >= 4 is 6.79 Å². The summed E-state index contributed by atoms with van der Waals surface area (Å²) < 4.78 is 0. The maximum atomic E-state index is 9.19. The first-order valence-corrected chi connectivity index (χ1v) is 8.78. The zero-order valence-corrected chi connectivity index (χ0v) is 18.9. The van der Waals surface area contributed by atoms with Crippen LogP contribution in [0.1, 0.15) is 67.2 Å². The Morgan fingerprint density at radius 3 is 1.16 bits per heavy atom. The smallest absolute Gasteiger partial charge is 0.660 e. The van der Waals surface area contributed by atoms with Crippen molar-refractivity contribution in [2.75, 3.05) is 20.2 Å². The number of carbonyl (C=O) groups excluding carboxylic acids is 1. The van der Waals surface area contributed by atoms with Gasteiger partial charge >= 0.3 is 19.5 Å². The Morgan fingerprint density at radius 1 is 0.760 bits per heavy atom. The third kappa shape index (κ3) is 35.9. The van der Waals surface area contributed by atoms with E-state index in [1.54, 1.807) is 0 Å². The van der Waals surface area contributed by atoms with Crippen molar-refractivity contribution in [2.24, 2.45) is 0 Å². The summed E-state index contributed by atoms with van der Waals surface area (Å²) in [7, 11) is 1.00. The summed E-state index contributed by atoms with van der Waals surface area (Å²) in [6, 6.07) is 0.639. The average Bonchev–Trinajstić information content (AvgIpc) is 2.59. The molecule has 0 aliphatic rings. The molecule has 0 aromatic heterocycles. The molecule has 0 amide bonds. The first-order chi connectivity index (χ1) is 11.4. The van der Waals surface area contributed by atoms with E-state index < -0.39 is 0 Å². The molecule has 0 saturated carbocycles. The molecule has 4 unspecified atom stereocenters. The number of rotatable bonds is 10. The maximum Gasteiger partial charge on any atom is 3.00 e. The molecule has 0 rings (SSSR count). The van der Waals surface area contributed by atoms with Crippen LogP contribution < -0.4 is 0 Å². The normalized spacial score (nSPS) is 13.8. The largest absolute Gasteiger partial charge is 3.00 e. The fourth-order valence-electron chi connectivity index (χ4n) is 1.89. The molecule has 4 atom stereocenters. The quantitative estimate of drug-likeness (QED) is 0.270. The minimum absolute atomic E-state index is 0. The second-order valence-electron chi connectivity index (χ2n) is 5.29. The van der Waals surface area contributed by atoms with Crippen LogP contribution in [0.15, 0.2) is 0 Å². The van der Waals surface area contributed by atoms with Crippen LogP contribution >= 0.6 is 0 Å². The van der Waals surface area contributed by atoms with Gasteiger partial charge < -0.3 is 30.7 Å². The fourth-order valence-corrected chi connectivity index (χ4v) is 1.89. The van der Waals surface area contributed by atoms with Crippen LogP contribution in [0.5, 0.6) is 0 Å². The number of nitrogens with zero attached hydrogens (tertiary/aromatic N) is 2. The molecule has 0 bridgehead atoms. The van der Waals surface area contributed by atoms with E-state index in [2.05, 4.69) is 17.4 Å². The van der Waals surface area contributed by atoms with Gasteiger partial charge in [0.15, 0.2) is 0 Å². The second kappa shape index (κ2) is 31.8. The van der Waals surface area contributed by atoms with Crippen molar-refractivity contribution in [2.45, 2.75) is 91.5 Å². The van der Waals surface area contributed by atoms with E-state index in [1.807, 2.05) is 41.5 Å². The van der Waals surface area contributed by atoms with Gasteiger partial charge in [0, 0.05) is 7.11 Å². The van der Waals surface area contributed by atoms with E-state index in [9.17, 15) is 10.2 Å². The number of aliphatic hydroxyl groups excluding tert-OH is 3. The molecule has 155 valence electrons. The van der Waals surface area contributed by atoms with Crippen molar-refractivity contribution in [1.82, 2.24) is 0 Å². The molecular weight excluding hydrogens is 409 g/mol. The van der Waals surface area contributed by atoms with Crippen LogP contribution in [0.25, 0.3) is 10.6 Å². The Morgan fingerprint density at radius 2 is 1.00 bits per heavy atom. The zero-order valence-electron chi connectivity index (χ0n) is 17.1. The Hall–Kier alpha value is 0.0934. The van der Waals surface area contributed by atoms with Crippen LogP contribution in [0.2, 0.25) is 0 Å². The summed E-state index contributed by atoms with van der Waals surface area (Å²) in [4.78, 5) is 7.75. The van der Waals surface area contributed by atoms with E-state index in [0.717, 1.165) is 45.9 Å². The van der Waals surface area contributed by atoms with E-state index in [0.29, 0.717) is 12.1 Å². The fraction of sp³-hybridized carbons (Fsp3) is 0.944. The molecule has 25 heavy (non-hydrogen) atoms. The van der Waals surface area contributed by atoms with Gasteiger partial charge in [-0.05, 0) is 25.7 Å². The maximum absolute atomic E-state index is 9.19. The molecule has 0 aliphatic carbocycles. The minimum Gasteiger partial charge on any atom is -0.660 e. The molecule has 6 nitrogen and oxygen atoms in total. The third-order valence-electron chi connectivity index (χ3n) is 3.16. The van der Waals surface area contributed by atoms with Crippen LogP contribution in [-0.4, -0.2) is 66.6 Å². The summed E-state index contributed by atoms with van der Waals surface area (Å²) in [5, 5.41) is 33.9. The summed E-state index contributed by atoms with van der Waals surface area (Å²) in [6.45, 7) is 17.1. The SMILES string of the molecule is CC[N-]C(C)CC(O)CC.CC[N-]C(C)CC(O)CC.CO.[CH-]=O.[Ru+3]. The molecule has 0 aromatic carbocycles. The number of aliphatic hydroxyl groups is 3. The molecule has 0 spiro atoms. The van der Waals surface area contributed by atoms with Gasteiger partial charge in [0.2, 0.25) is 0 Å². The summed E-state index contributed by atoms with van der Waals surface area (Å²) in [5.41, 5.74) is 0. The molecule has 1 radical (unpaired) electrons. The van der Waals surface area contributed by atoms with Crippen molar-refractivity contribution in [1.29, 1.82) is 0 Å². The van der Waals surface area contributed by atoms with E-state index in [4.69, 9.17) is 9.90 Å². The van der Waals surface area contributed by atoms with Crippen molar-refractivity contribution in [3.8, 4) is 0 Å². The summed E-state index contributed by atoms with van der Waals surface area (Å²) >= 11 is 0. The first-order valence-electron chi connectivity index (χ1n) is 8.78. The molecule has 0 heterocycles. The first kappa shape index (κ1) is 36.1. The van der Waals surface area contributed by atoms with Gasteiger partial charge in [-0.2, -0.15) is 13.1 Å². The Kier molecular flexibility index (Phi) is 45.9. The van der Waals surface area contributed by atoms with E-state index >= 15 is 0 Å². The molecule has 0 saturated heterocycles. The van der Waals surface area contributed by atoms with Crippen LogP contribution in [0, 0.1) is 0 Å². The van der Waals surface area contributed by atoms with Gasteiger partial charge in [-0.1, -0.05) is 41.5 Å². The Bertz CT molecular complexity index is 196. The molecule has 7 heteroatoms. The molecule has 0 aromatic rings. The standard InChI is InChI=1S/2C8H18NO.CH4O.CHO.Ru/c2*1-4-8(10)6-7(3)9-5-2;2*1-2;/h2*7-8,10H,4-6H2,1-3H3;2H,1H3;1H;/q2*-1;;-1;+3. The average molecular weight is 451 g/mol. The Labute approximate surface area is 168 Å². The zero-order chi connectivity index (χ0) is 20.0. The van der Waals surface area contributed by atoms with Crippen LogP contribution in [-0.2, 0) is 24.3 Å². The molecule has 3 N–H and O–H groups in total. The monoisotopic (exact) mass is 451 g/mol. The minimum atomic E-state index is -0.162. The third-order valence-corrected chi connectivity index (χ3v) is 3.16. The van der Waals surface area contributed by atoms with Gasteiger partial charge in [0.25, 0.3) is 0 Å². The Balaban J connectivity index is -0.0000000858. The van der Waals surface area contributed by atoms with Crippen molar-refractivity contribution in [3.63, 3.8) is 0 Å². The van der Waals surface area contributed by atoms with Gasteiger partial charge in [-0.25, -0.2) is 0 Å². The number of hydrogen-bond donors (Lipinski definition) is 3. The number of hydrogen-bond acceptors (Lipinski definition) is 4. The second-order valence-corrected chi connectivity index (χ2v) is 5.29. The summed E-state index contributed by atoms with van der Waals surface area (Å²) in [5.74, 6) is 0. The van der Waals surface area contributed by atoms with Crippen molar-refractivity contribution < 1.29 is 39.6 Å². The summed E-state index contributed by atoms with van der Waals surface area (Å²) in [6.07, 6.45) is 2.97. The topological polar surface area (TPSA) is 106 Å². The van der Waals surface area contributed by atoms with Gasteiger partial charge in [-0.15, -0.1) is 12.1 Å². The molecular formula is C18H41N2O4Ru. The van der Waals surface area contributed by atoms with Crippen molar-refractivity contribution in [3.05, 3.63) is 10.6 Å². The van der Waals surface area contributed by atoms with Crippen LogP contribution in [0.3, 0.4) is 0 Å². The van der Waals surface area contributed by atoms with Gasteiger partial charge in [-0.3, -0.25) is 6.79 Å². The van der Waals surface area contributed by atoms with E-state index in [1.165, 1.54) is 0 Å². The van der Waals surface area contributed by atoms with E-state index in [-0.39, 0.29) is 31.7 Å². The molecule has 0 fully saturated rings. The van der Waals surface area contributed by atoms with Gasteiger partial charge in [0.05, 0.1) is 12.2 Å². The predicted molar refractivity (Wildman–Crippen MR) is 103 cm³/mol. The molecule has 0 aliphatic heterocycles. The van der Waals surface area contributed by atoms with Gasteiger partial charge in [0.1, 0.15) is 0 Å². The van der Waals surface area contributed by atoms with Crippen LogP contribution in [0.4, 0.5) is 0 Å².